The molecule has 1 aromatic rings. The van der Waals surface area contributed by atoms with Crippen molar-refractivity contribution in [1.29, 1.82) is 0 Å². The van der Waals surface area contributed by atoms with Gasteiger partial charge in [0.25, 0.3) is 0 Å². The van der Waals surface area contributed by atoms with E-state index in [-0.39, 0.29) is 66.0 Å². The molecule has 0 radical (unpaired) electrons. The number of fused-ring (bicyclic) bond motifs is 4. The van der Waals surface area contributed by atoms with E-state index in [4.69, 9.17) is 47.5 Å². The summed E-state index contributed by atoms with van der Waals surface area (Å²) in [5, 5.41) is 0. The van der Waals surface area contributed by atoms with Gasteiger partial charge >= 0.3 is 7.82 Å². The summed E-state index contributed by atoms with van der Waals surface area (Å²) in [6.45, 7) is 13.0. The fourth-order valence-corrected chi connectivity index (χ4v) is 13.1. The van der Waals surface area contributed by atoms with Gasteiger partial charge in [0.15, 0.2) is 23.8 Å². The molecule has 10 aliphatic rings. The van der Waals surface area contributed by atoms with E-state index >= 15 is 0 Å². The molecule has 10 fully saturated rings. The largest absolute Gasteiger partial charge is 0.527 e. The van der Waals surface area contributed by atoms with Crippen LogP contribution in [0, 0.1) is 53.3 Å². The molecular weight excluding hydrogens is 703 g/mol. The summed E-state index contributed by atoms with van der Waals surface area (Å²) in [5.41, 5.74) is -1.34. The van der Waals surface area contributed by atoms with Gasteiger partial charge in [0.1, 0.15) is 5.75 Å². The van der Waals surface area contributed by atoms with Crippen LogP contribution in [0.2, 0.25) is 0 Å². The van der Waals surface area contributed by atoms with Crippen molar-refractivity contribution in [3.05, 3.63) is 30.3 Å². The summed E-state index contributed by atoms with van der Waals surface area (Å²) in [6.07, 6.45) is 7.17. The van der Waals surface area contributed by atoms with Gasteiger partial charge in [-0.1, -0.05) is 45.9 Å². The van der Waals surface area contributed by atoms with Gasteiger partial charge in [-0.25, -0.2) is 24.1 Å². The first kappa shape index (κ1) is 37.4. The highest BCUT2D eigenvalue weighted by Crippen LogP contribution is 2.63. The third-order valence-electron chi connectivity index (χ3n) is 15.2. The Balaban J connectivity index is 0.994. The molecule has 13 heteroatoms. The molecule has 11 rings (SSSR count). The first-order valence-electron chi connectivity index (χ1n) is 20.4. The second-order valence-corrected chi connectivity index (χ2v) is 19.8. The first-order valence-corrected chi connectivity index (χ1v) is 21.9. The molecule has 296 valence electrons. The number of ether oxygens (including phenoxy) is 4. The van der Waals surface area contributed by atoms with Crippen LogP contribution in [0.25, 0.3) is 0 Å². The van der Waals surface area contributed by atoms with Crippen molar-refractivity contribution in [3.8, 4) is 5.75 Å². The Morgan fingerprint density at radius 3 is 1.70 bits per heavy atom. The summed E-state index contributed by atoms with van der Waals surface area (Å²) >= 11 is 0. The molecule has 0 amide bonds. The number of benzene rings is 1. The van der Waals surface area contributed by atoms with Crippen LogP contribution in [0.15, 0.2) is 30.3 Å². The molecule has 4 bridgehead atoms. The van der Waals surface area contributed by atoms with Crippen molar-refractivity contribution in [1.82, 2.24) is 0 Å². The number of phosphoric acid groups is 1. The lowest BCUT2D eigenvalue weighted by molar-refractivity contribution is -0.571. The minimum atomic E-state index is -4.45. The molecule has 8 aliphatic heterocycles. The minimum Gasteiger partial charge on any atom is -0.404 e. The van der Waals surface area contributed by atoms with Gasteiger partial charge in [-0.15, -0.1) is 0 Å². The van der Waals surface area contributed by atoms with Gasteiger partial charge in [0.05, 0.1) is 18.8 Å². The topological polar surface area (TPSA) is 130 Å². The molecule has 18 atom stereocenters. The third-order valence-corrected chi connectivity index (χ3v) is 16.1. The normalized spacial score (nSPS) is 51.6. The number of hydrogen-bond donors (Lipinski definition) is 1. The Morgan fingerprint density at radius 2 is 1.21 bits per heavy atom. The highest BCUT2D eigenvalue weighted by Gasteiger charge is 2.71. The Labute approximate surface area is 313 Å². The van der Waals surface area contributed by atoms with Crippen molar-refractivity contribution in [2.45, 2.75) is 153 Å². The van der Waals surface area contributed by atoms with Gasteiger partial charge in [-0.2, -0.15) is 0 Å². The van der Waals surface area contributed by atoms with E-state index < -0.39 is 43.2 Å². The summed E-state index contributed by atoms with van der Waals surface area (Å²) in [7, 11) is -4.45. The van der Waals surface area contributed by atoms with E-state index in [1.165, 1.54) is 0 Å². The molecule has 0 aromatic heterocycles. The second-order valence-electron chi connectivity index (χ2n) is 18.4. The molecule has 1 aromatic carbocycles. The third kappa shape index (κ3) is 6.20. The van der Waals surface area contributed by atoms with E-state index in [0.717, 1.165) is 51.4 Å². The fourth-order valence-electron chi connectivity index (χ4n) is 12.2. The second kappa shape index (κ2) is 13.5. The van der Waals surface area contributed by atoms with Crippen LogP contribution in [0.5, 0.6) is 5.75 Å². The standard InChI is InChI=1S/C40H59O12P/c1-23-12-14-31-25(3)33(44-35-39(31)29(23)16-18-37(5,46-35)49-51-39)20-27(22-43-53(41,42)48-28-10-8-7-9-11-28)21-34-26(4)32-15-13-24(2)30-17-19-38(6)47-36(45-34)40(30,32)52-50-38/h7-11,23-27,29-36H,12-22H2,1-6H3,(H,41,42)/t23-,24+,25-,26+,27?,29+,30-,31+,32-,33?,34?,35+,36-,37-,38+,39-,40+. The van der Waals surface area contributed by atoms with E-state index in [1.54, 1.807) is 24.3 Å². The minimum absolute atomic E-state index is 0.0175. The number of phosphoric ester groups is 1. The van der Waals surface area contributed by atoms with E-state index in [1.807, 2.05) is 19.9 Å². The SMILES string of the molecule is C[C@@H]1CC[C@H]2[C@@H](C)C(CC(COP(=O)(O)Oc3ccccc3)CC3O[C@@H]4O[C@]5(C)CC[C@@H]6[C@@H](C)CC[C@H]([C@@H]3C)[C@]46OO5)O[C@H]3O[C@@]4(C)CC[C@@H]1[C@]32OO4. The molecule has 2 spiro atoms. The zero-order chi connectivity index (χ0) is 37.0. The lowest BCUT2D eigenvalue weighted by Gasteiger charge is -2.61. The van der Waals surface area contributed by atoms with Gasteiger partial charge in [-0.05, 0) is 119 Å². The monoisotopic (exact) mass is 762 g/mol. The van der Waals surface area contributed by atoms with E-state index in [0.29, 0.717) is 24.7 Å². The fraction of sp³-hybridized carbons (Fsp3) is 0.850. The van der Waals surface area contributed by atoms with Crippen molar-refractivity contribution in [2.24, 2.45) is 53.3 Å². The molecule has 8 saturated heterocycles. The number of hydrogen-bond acceptors (Lipinski definition) is 11. The number of rotatable bonds is 9. The van der Waals surface area contributed by atoms with Crippen LogP contribution in [0.3, 0.4) is 0 Å². The molecule has 53 heavy (non-hydrogen) atoms. The predicted molar refractivity (Wildman–Crippen MR) is 189 cm³/mol. The molecular formula is C40H59O12P. The van der Waals surface area contributed by atoms with Crippen LogP contribution < -0.4 is 4.52 Å². The molecule has 8 heterocycles. The summed E-state index contributed by atoms with van der Waals surface area (Å²) in [5.74, 6) is 0.320. The predicted octanol–water partition coefficient (Wildman–Crippen LogP) is 8.08. The quantitative estimate of drug-likeness (QED) is 0.193. The van der Waals surface area contributed by atoms with Crippen molar-refractivity contribution in [2.75, 3.05) is 6.61 Å². The average molecular weight is 763 g/mol. The summed E-state index contributed by atoms with van der Waals surface area (Å²) < 4.78 is 52.1. The lowest BCUT2D eigenvalue weighted by atomic mass is 9.56. The molecule has 2 saturated carbocycles. The lowest BCUT2D eigenvalue weighted by Crippen LogP contribution is -2.70. The first-order chi connectivity index (χ1) is 25.2. The molecule has 12 nitrogen and oxygen atoms in total. The van der Waals surface area contributed by atoms with E-state index in [9.17, 15) is 9.46 Å². The van der Waals surface area contributed by atoms with Crippen molar-refractivity contribution < 1.29 is 57.0 Å². The average Bonchev–Trinajstić information content (AvgIpc) is 3.50. The van der Waals surface area contributed by atoms with Crippen molar-refractivity contribution in [3.63, 3.8) is 0 Å². The van der Waals surface area contributed by atoms with Crippen LogP contribution in [0.1, 0.15) is 106 Å². The Morgan fingerprint density at radius 1 is 0.717 bits per heavy atom. The number of para-hydroxylation sites is 1. The molecule has 4 unspecified atom stereocenters. The van der Waals surface area contributed by atoms with Gasteiger partial charge in [-0.3, -0.25) is 9.42 Å². The Kier molecular flexibility index (Phi) is 9.51. The highest BCUT2D eigenvalue weighted by molar-refractivity contribution is 7.47. The van der Waals surface area contributed by atoms with Crippen LogP contribution >= 0.6 is 7.82 Å². The highest BCUT2D eigenvalue weighted by atomic mass is 31.2. The summed E-state index contributed by atoms with van der Waals surface area (Å²) in [6, 6.07) is 8.61. The Bertz CT molecular complexity index is 1470. The maximum absolute atomic E-state index is 13.4. The van der Waals surface area contributed by atoms with E-state index in [2.05, 4.69) is 27.7 Å². The van der Waals surface area contributed by atoms with Crippen LogP contribution in [-0.4, -0.2) is 59.1 Å². The molecule has 2 aliphatic carbocycles. The van der Waals surface area contributed by atoms with Crippen LogP contribution in [-0.2, 0) is 47.6 Å². The Hall–Kier alpha value is -1.15. The molecule has 1 N–H and O–H groups in total. The zero-order valence-electron chi connectivity index (χ0n) is 32.1. The van der Waals surface area contributed by atoms with Crippen LogP contribution in [0.4, 0.5) is 0 Å². The van der Waals surface area contributed by atoms with Gasteiger partial charge < -0.3 is 23.5 Å². The summed E-state index contributed by atoms with van der Waals surface area (Å²) in [4.78, 5) is 35.9. The smallest absolute Gasteiger partial charge is 0.404 e. The maximum atomic E-state index is 13.4. The van der Waals surface area contributed by atoms with Crippen molar-refractivity contribution >= 4 is 7.82 Å². The maximum Gasteiger partial charge on any atom is 0.527 e. The zero-order valence-corrected chi connectivity index (χ0v) is 33.0. The van der Waals surface area contributed by atoms with Gasteiger partial charge in [0, 0.05) is 24.7 Å². The van der Waals surface area contributed by atoms with Gasteiger partial charge in [0.2, 0.25) is 11.6 Å².